The largest absolute Gasteiger partial charge is 0.390 e. The molecule has 1 saturated heterocycles. The number of amides is 2. The van der Waals surface area contributed by atoms with Gasteiger partial charge in [0, 0.05) is 12.1 Å². The number of nitrogens with zero attached hydrogens (tertiary/aromatic N) is 2. The number of hydrogen-bond acceptors (Lipinski definition) is 3. The number of fused-ring (bicyclic) bond motifs is 1. The molecule has 2 aliphatic heterocycles. The monoisotopic (exact) mass is 411 g/mol. The topological polar surface area (TPSA) is 53.9 Å². The van der Waals surface area contributed by atoms with Gasteiger partial charge in [0.25, 0.3) is 0 Å². The SMILES string of the molecule is Cc1ccccc1C1=NOC2CN(C(=O)NC(c3ccccc3)c3ccccc3)CC12. The van der Waals surface area contributed by atoms with Crippen LogP contribution in [0.4, 0.5) is 4.79 Å². The molecule has 0 saturated carbocycles. The van der Waals surface area contributed by atoms with Crippen LogP contribution in [0.1, 0.15) is 28.3 Å². The average Bonchev–Trinajstić information content (AvgIpc) is 3.40. The third-order valence-electron chi connectivity index (χ3n) is 6.15. The van der Waals surface area contributed by atoms with Gasteiger partial charge in [0.1, 0.15) is 0 Å². The second-order valence-electron chi connectivity index (χ2n) is 8.15. The summed E-state index contributed by atoms with van der Waals surface area (Å²) in [5.74, 6) is 0.0961. The highest BCUT2D eigenvalue weighted by atomic mass is 16.6. The van der Waals surface area contributed by atoms with Crippen molar-refractivity contribution in [2.45, 2.75) is 19.1 Å². The normalized spacial score (nSPS) is 19.7. The quantitative estimate of drug-likeness (QED) is 0.686. The maximum Gasteiger partial charge on any atom is 0.318 e. The molecule has 3 aromatic carbocycles. The predicted molar refractivity (Wildman–Crippen MR) is 121 cm³/mol. The fraction of sp³-hybridized carbons (Fsp3) is 0.231. The summed E-state index contributed by atoms with van der Waals surface area (Å²) in [6.45, 7) is 3.21. The predicted octanol–water partition coefficient (Wildman–Crippen LogP) is 4.53. The molecule has 2 amide bonds. The molecule has 2 atom stereocenters. The summed E-state index contributed by atoms with van der Waals surface area (Å²) in [7, 11) is 0. The minimum absolute atomic E-state index is 0.0835. The fourth-order valence-corrected chi connectivity index (χ4v) is 4.48. The average molecular weight is 412 g/mol. The van der Waals surface area contributed by atoms with E-state index in [0.717, 1.165) is 22.4 Å². The van der Waals surface area contributed by atoms with Crippen molar-refractivity contribution in [1.29, 1.82) is 0 Å². The highest BCUT2D eigenvalue weighted by Gasteiger charge is 2.44. The summed E-state index contributed by atoms with van der Waals surface area (Å²) < 4.78 is 0. The summed E-state index contributed by atoms with van der Waals surface area (Å²) in [5.41, 5.74) is 5.33. The van der Waals surface area contributed by atoms with E-state index in [-0.39, 0.29) is 24.1 Å². The Balaban J connectivity index is 1.34. The van der Waals surface area contributed by atoms with Gasteiger partial charge < -0.3 is 15.1 Å². The summed E-state index contributed by atoms with van der Waals surface area (Å²) in [5, 5.41) is 7.60. The van der Waals surface area contributed by atoms with E-state index < -0.39 is 0 Å². The van der Waals surface area contributed by atoms with Crippen LogP contribution < -0.4 is 5.32 Å². The zero-order valence-electron chi connectivity index (χ0n) is 17.4. The first kappa shape index (κ1) is 19.4. The Morgan fingerprint density at radius 3 is 2.19 bits per heavy atom. The summed E-state index contributed by atoms with van der Waals surface area (Å²) in [6, 6.07) is 28.0. The van der Waals surface area contributed by atoms with Crippen LogP contribution in [0.3, 0.4) is 0 Å². The highest BCUT2D eigenvalue weighted by Crippen LogP contribution is 2.31. The molecule has 2 heterocycles. The Hall–Kier alpha value is -3.60. The molecule has 31 heavy (non-hydrogen) atoms. The number of benzene rings is 3. The molecular formula is C26H25N3O2. The molecule has 2 unspecified atom stereocenters. The molecular weight excluding hydrogens is 386 g/mol. The number of nitrogens with one attached hydrogen (secondary N) is 1. The van der Waals surface area contributed by atoms with Crippen molar-refractivity contribution in [1.82, 2.24) is 10.2 Å². The van der Waals surface area contributed by atoms with Gasteiger partial charge in [-0.1, -0.05) is 90.1 Å². The third-order valence-corrected chi connectivity index (χ3v) is 6.15. The van der Waals surface area contributed by atoms with Crippen LogP contribution >= 0.6 is 0 Å². The van der Waals surface area contributed by atoms with Gasteiger partial charge >= 0.3 is 6.03 Å². The van der Waals surface area contributed by atoms with Crippen LogP contribution in [0.25, 0.3) is 0 Å². The summed E-state index contributed by atoms with van der Waals surface area (Å²) in [4.78, 5) is 20.8. The first-order chi connectivity index (χ1) is 15.2. The van der Waals surface area contributed by atoms with Crippen molar-refractivity contribution in [3.63, 3.8) is 0 Å². The van der Waals surface area contributed by atoms with Gasteiger partial charge in [-0.25, -0.2) is 4.79 Å². The Kier molecular flexibility index (Phi) is 5.16. The lowest BCUT2D eigenvalue weighted by Crippen LogP contribution is -2.41. The van der Waals surface area contributed by atoms with E-state index in [0.29, 0.717) is 13.1 Å². The second-order valence-corrected chi connectivity index (χ2v) is 8.15. The molecule has 1 N–H and O–H groups in total. The van der Waals surface area contributed by atoms with Crippen molar-refractivity contribution in [2.24, 2.45) is 11.1 Å². The standard InChI is InChI=1S/C26H25N3O2/c1-18-10-8-9-15-21(18)25-22-16-29(17-23(22)31-28-25)26(30)27-24(19-11-4-2-5-12-19)20-13-6-3-7-14-20/h2-15,22-24H,16-17H2,1H3,(H,27,30). The summed E-state index contributed by atoms with van der Waals surface area (Å²) in [6.07, 6.45) is -0.0905. The van der Waals surface area contributed by atoms with Crippen molar-refractivity contribution >= 4 is 11.7 Å². The molecule has 0 bridgehead atoms. The molecule has 1 fully saturated rings. The van der Waals surface area contributed by atoms with Crippen LogP contribution in [0, 0.1) is 12.8 Å². The van der Waals surface area contributed by atoms with E-state index in [1.165, 1.54) is 5.56 Å². The Bertz CT molecular complexity index is 1060. The molecule has 5 rings (SSSR count). The van der Waals surface area contributed by atoms with E-state index in [1.54, 1.807) is 0 Å². The number of rotatable bonds is 4. The zero-order valence-corrected chi connectivity index (χ0v) is 17.4. The lowest BCUT2D eigenvalue weighted by Gasteiger charge is -2.24. The first-order valence-electron chi connectivity index (χ1n) is 10.7. The van der Waals surface area contributed by atoms with E-state index >= 15 is 0 Å². The van der Waals surface area contributed by atoms with Crippen LogP contribution in [0.5, 0.6) is 0 Å². The van der Waals surface area contributed by atoms with Crippen LogP contribution in [-0.2, 0) is 4.84 Å². The van der Waals surface area contributed by atoms with E-state index in [9.17, 15) is 4.79 Å². The Morgan fingerprint density at radius 2 is 1.55 bits per heavy atom. The Morgan fingerprint density at radius 1 is 0.935 bits per heavy atom. The minimum Gasteiger partial charge on any atom is -0.390 e. The molecule has 0 aromatic heterocycles. The summed E-state index contributed by atoms with van der Waals surface area (Å²) >= 11 is 0. The molecule has 3 aromatic rings. The van der Waals surface area contributed by atoms with Gasteiger partial charge in [-0.3, -0.25) is 0 Å². The Labute approximate surface area is 182 Å². The highest BCUT2D eigenvalue weighted by molar-refractivity contribution is 6.04. The van der Waals surface area contributed by atoms with Gasteiger partial charge in [-0.2, -0.15) is 0 Å². The first-order valence-corrected chi connectivity index (χ1v) is 10.7. The third kappa shape index (κ3) is 3.79. The number of oxime groups is 1. The molecule has 0 radical (unpaired) electrons. The van der Waals surface area contributed by atoms with Crippen molar-refractivity contribution in [3.8, 4) is 0 Å². The molecule has 5 nitrogen and oxygen atoms in total. The molecule has 0 aliphatic carbocycles. The minimum atomic E-state index is -0.208. The number of likely N-dealkylation sites (tertiary alicyclic amines) is 1. The molecule has 156 valence electrons. The van der Waals surface area contributed by atoms with Crippen molar-refractivity contribution < 1.29 is 9.63 Å². The number of urea groups is 1. The number of carbonyl (C=O) groups is 1. The van der Waals surface area contributed by atoms with Crippen LogP contribution in [0.15, 0.2) is 90.1 Å². The van der Waals surface area contributed by atoms with Crippen molar-refractivity contribution in [3.05, 3.63) is 107 Å². The number of aryl methyl sites for hydroxylation is 1. The van der Waals surface area contributed by atoms with Crippen LogP contribution in [-0.4, -0.2) is 35.8 Å². The van der Waals surface area contributed by atoms with Gasteiger partial charge in [0.15, 0.2) is 6.10 Å². The van der Waals surface area contributed by atoms with Crippen molar-refractivity contribution in [2.75, 3.05) is 13.1 Å². The molecule has 5 heteroatoms. The maximum absolute atomic E-state index is 13.3. The zero-order chi connectivity index (χ0) is 21.2. The maximum atomic E-state index is 13.3. The van der Waals surface area contributed by atoms with Gasteiger partial charge in [0.2, 0.25) is 0 Å². The van der Waals surface area contributed by atoms with E-state index in [4.69, 9.17) is 4.84 Å². The van der Waals surface area contributed by atoms with Crippen LogP contribution in [0.2, 0.25) is 0 Å². The fourth-order valence-electron chi connectivity index (χ4n) is 4.48. The lowest BCUT2D eigenvalue weighted by atomic mass is 9.92. The number of hydrogen-bond donors (Lipinski definition) is 1. The molecule has 0 spiro atoms. The van der Waals surface area contributed by atoms with Gasteiger partial charge in [-0.05, 0) is 23.6 Å². The second kappa shape index (κ2) is 8.26. The van der Waals surface area contributed by atoms with E-state index in [2.05, 4.69) is 29.5 Å². The smallest absolute Gasteiger partial charge is 0.318 e. The van der Waals surface area contributed by atoms with Gasteiger partial charge in [-0.15, -0.1) is 0 Å². The molecule has 2 aliphatic rings. The number of carbonyl (C=O) groups excluding carboxylic acids is 1. The lowest BCUT2D eigenvalue weighted by molar-refractivity contribution is 0.0773. The van der Waals surface area contributed by atoms with Gasteiger partial charge in [0.05, 0.1) is 24.2 Å². The van der Waals surface area contributed by atoms with E-state index in [1.807, 2.05) is 77.7 Å².